The number of fused-ring (bicyclic) bond motifs is 2. The minimum absolute atomic E-state index is 0.115. The van der Waals surface area contributed by atoms with Crippen molar-refractivity contribution < 1.29 is 37.1 Å². The number of para-hydroxylation sites is 1. The van der Waals surface area contributed by atoms with Gasteiger partial charge in [0, 0.05) is 29.0 Å². The van der Waals surface area contributed by atoms with Crippen LogP contribution in [0.3, 0.4) is 0 Å². The van der Waals surface area contributed by atoms with Crippen LogP contribution in [0.25, 0.3) is 0 Å². The topological polar surface area (TPSA) is 151 Å². The van der Waals surface area contributed by atoms with E-state index in [4.69, 9.17) is 5.73 Å². The third-order valence-electron chi connectivity index (χ3n) is 9.93. The zero-order valence-corrected chi connectivity index (χ0v) is 23.4. The number of carbonyl (C=O) groups is 5. The van der Waals surface area contributed by atoms with Gasteiger partial charge in [-0.25, -0.2) is 0 Å². The number of amides is 5. The Morgan fingerprint density at radius 2 is 1.76 bits per heavy atom. The highest BCUT2D eigenvalue weighted by Gasteiger charge is 2.95. The molecule has 6 rings (SSSR count). The van der Waals surface area contributed by atoms with E-state index in [9.17, 15) is 37.1 Å². The smallest absolute Gasteiger partial charge is 0.368 e. The molecule has 4 fully saturated rings. The minimum atomic E-state index is -5.20. The molecule has 6 atom stereocenters. The van der Waals surface area contributed by atoms with Crippen LogP contribution in [-0.2, 0) is 24.0 Å². The van der Waals surface area contributed by atoms with Crippen LogP contribution in [0, 0.1) is 22.2 Å². The predicted molar refractivity (Wildman–Crippen MR) is 140 cm³/mol. The van der Waals surface area contributed by atoms with Gasteiger partial charge in [-0.05, 0) is 29.9 Å². The number of primary amides is 1. The number of anilines is 1. The number of benzene rings is 1. The number of nitrogens with two attached hydrogens (primary N) is 1. The summed E-state index contributed by atoms with van der Waals surface area (Å²) in [7, 11) is 0. The number of halogens is 3. The highest BCUT2D eigenvalue weighted by atomic mass is 19.4. The van der Waals surface area contributed by atoms with Crippen molar-refractivity contribution in [1.82, 2.24) is 15.5 Å². The van der Waals surface area contributed by atoms with Gasteiger partial charge in [0.05, 0.1) is 5.92 Å². The van der Waals surface area contributed by atoms with Gasteiger partial charge in [0.25, 0.3) is 0 Å². The van der Waals surface area contributed by atoms with E-state index in [1.165, 1.54) is 25.7 Å². The van der Waals surface area contributed by atoms with Gasteiger partial charge in [-0.3, -0.25) is 24.0 Å². The molecule has 2 saturated heterocycles. The Kier molecular flexibility index (Phi) is 6.11. The van der Waals surface area contributed by atoms with Crippen LogP contribution in [0.2, 0.25) is 0 Å². The van der Waals surface area contributed by atoms with E-state index in [-0.39, 0.29) is 24.8 Å². The van der Waals surface area contributed by atoms with E-state index in [2.05, 4.69) is 10.6 Å². The molecule has 222 valence electrons. The highest BCUT2D eigenvalue weighted by molar-refractivity contribution is 6.04. The lowest BCUT2D eigenvalue weighted by Crippen LogP contribution is -2.72. The summed E-state index contributed by atoms with van der Waals surface area (Å²) in [5.41, 5.74) is 3.16. The van der Waals surface area contributed by atoms with Gasteiger partial charge in [0.15, 0.2) is 0 Å². The SMILES string of the molecule is CC(C)(C)[C@H](NC(=O)C(F)(F)F)C(=O)N1CC23C[C@@H]2[C@@]1(C(=O)N[C@@H](CC1C(=O)Nc2ccccc21)C(N)=O)C3(C)C. The number of carbonyl (C=O) groups excluding carboxylic acids is 5. The first-order valence-corrected chi connectivity index (χ1v) is 13.5. The van der Waals surface area contributed by atoms with Crippen molar-refractivity contribution in [3.05, 3.63) is 29.8 Å². The number of piperidine rings is 1. The lowest BCUT2D eigenvalue weighted by Gasteiger charge is -2.54. The lowest BCUT2D eigenvalue weighted by molar-refractivity contribution is -0.177. The first kappa shape index (κ1) is 28.9. The summed E-state index contributed by atoms with van der Waals surface area (Å²) < 4.78 is 39.5. The normalized spacial score (nSPS) is 30.2. The zero-order valence-electron chi connectivity index (χ0n) is 23.4. The zero-order chi connectivity index (χ0) is 30.5. The van der Waals surface area contributed by atoms with Crippen molar-refractivity contribution in [2.45, 2.75) is 77.2 Å². The van der Waals surface area contributed by atoms with Gasteiger partial charge in [0.1, 0.15) is 17.6 Å². The number of nitrogens with one attached hydrogen (secondary N) is 3. The fourth-order valence-corrected chi connectivity index (χ4v) is 7.68. The number of nitrogens with zero attached hydrogens (tertiary/aromatic N) is 1. The Balaban J connectivity index is 1.44. The van der Waals surface area contributed by atoms with E-state index < -0.39 is 69.6 Å². The quantitative estimate of drug-likeness (QED) is 0.390. The molecule has 2 unspecified atom stereocenters. The van der Waals surface area contributed by atoms with Crippen LogP contribution < -0.4 is 21.7 Å². The molecule has 2 bridgehead atoms. The molecule has 0 aromatic heterocycles. The van der Waals surface area contributed by atoms with E-state index in [1.54, 1.807) is 24.3 Å². The van der Waals surface area contributed by atoms with E-state index in [0.29, 0.717) is 17.7 Å². The fraction of sp³-hybridized carbons (Fsp3) is 0.607. The number of hydrogen-bond donors (Lipinski definition) is 4. The van der Waals surface area contributed by atoms with E-state index >= 15 is 0 Å². The van der Waals surface area contributed by atoms with Crippen molar-refractivity contribution in [2.24, 2.45) is 27.9 Å². The maximum absolute atomic E-state index is 14.2. The maximum Gasteiger partial charge on any atom is 0.471 e. The first-order valence-electron chi connectivity index (χ1n) is 13.5. The summed E-state index contributed by atoms with van der Waals surface area (Å²) in [4.78, 5) is 66.5. The van der Waals surface area contributed by atoms with E-state index in [1.807, 2.05) is 19.2 Å². The molecule has 1 spiro atoms. The molecule has 13 heteroatoms. The summed E-state index contributed by atoms with van der Waals surface area (Å²) in [6.07, 6.45) is -4.69. The monoisotopic (exact) mass is 577 g/mol. The second-order valence-electron chi connectivity index (χ2n) is 13.3. The summed E-state index contributed by atoms with van der Waals surface area (Å²) in [5.74, 6) is -5.94. The maximum atomic E-state index is 14.2. The van der Waals surface area contributed by atoms with Crippen LogP contribution in [0.1, 0.15) is 58.9 Å². The molecule has 5 amide bonds. The summed E-state index contributed by atoms with van der Waals surface area (Å²) in [6.45, 7) is 8.35. The van der Waals surface area contributed by atoms with Gasteiger partial charge in [-0.2, -0.15) is 13.2 Å². The second kappa shape index (κ2) is 8.68. The Labute approximate surface area is 234 Å². The average Bonchev–Trinajstić information content (AvgIpc) is 3.22. The predicted octanol–water partition coefficient (Wildman–Crippen LogP) is 1.80. The van der Waals surface area contributed by atoms with E-state index in [0.717, 1.165) is 0 Å². The van der Waals surface area contributed by atoms with Crippen molar-refractivity contribution >= 4 is 35.2 Å². The molecule has 2 aliphatic carbocycles. The molecular formula is C28H34F3N5O5. The van der Waals surface area contributed by atoms with Crippen LogP contribution in [0.4, 0.5) is 18.9 Å². The van der Waals surface area contributed by atoms with Crippen molar-refractivity contribution in [2.75, 3.05) is 11.9 Å². The van der Waals surface area contributed by atoms with Crippen LogP contribution in [-0.4, -0.2) is 64.8 Å². The lowest BCUT2D eigenvalue weighted by atomic mass is 9.52. The third kappa shape index (κ3) is 3.87. The first-order chi connectivity index (χ1) is 18.8. The number of rotatable bonds is 7. The largest absolute Gasteiger partial charge is 0.471 e. The Hall–Kier alpha value is -3.64. The molecule has 10 nitrogen and oxygen atoms in total. The third-order valence-corrected chi connectivity index (χ3v) is 9.93. The summed E-state index contributed by atoms with van der Waals surface area (Å²) >= 11 is 0. The average molecular weight is 578 g/mol. The Bertz CT molecular complexity index is 1370. The molecule has 1 aromatic rings. The molecule has 5 N–H and O–H groups in total. The van der Waals surface area contributed by atoms with Crippen molar-refractivity contribution in [1.29, 1.82) is 0 Å². The summed E-state index contributed by atoms with van der Waals surface area (Å²) in [6, 6.07) is 4.13. The van der Waals surface area contributed by atoms with Gasteiger partial charge >= 0.3 is 12.1 Å². The Morgan fingerprint density at radius 3 is 2.32 bits per heavy atom. The van der Waals surface area contributed by atoms with Gasteiger partial charge in [-0.15, -0.1) is 0 Å². The molecule has 3 aliphatic heterocycles. The highest BCUT2D eigenvalue weighted by Crippen LogP contribution is 2.88. The number of alkyl halides is 3. The molecule has 3 heterocycles. The van der Waals surface area contributed by atoms with Crippen molar-refractivity contribution in [3.63, 3.8) is 0 Å². The molecule has 5 aliphatic rings. The standard InChI is InChI=1S/C28H34F3N5O5/c1-24(2,3)18(35-23(41)28(29,30)31)21(39)36-12-26-11-17(26)27(36,25(26,4)5)22(40)34-16(19(32)37)10-14-13-8-6-7-9-15(13)33-20(14)38/h6-9,14,16-18H,10-12H2,1-5H3,(H2,32,37)(H,33,38)(H,34,40)(H,35,41)/t14?,16-,17-,18+,26?,27+/m0/s1. The van der Waals surface area contributed by atoms with Crippen molar-refractivity contribution in [3.8, 4) is 0 Å². The molecule has 2 saturated carbocycles. The van der Waals surface area contributed by atoms with Crippen LogP contribution in [0.5, 0.6) is 0 Å². The van der Waals surface area contributed by atoms with Crippen LogP contribution in [0.15, 0.2) is 24.3 Å². The Morgan fingerprint density at radius 1 is 1.12 bits per heavy atom. The molecule has 1 aromatic carbocycles. The molecule has 0 radical (unpaired) electrons. The molecular weight excluding hydrogens is 543 g/mol. The molecule has 41 heavy (non-hydrogen) atoms. The minimum Gasteiger partial charge on any atom is -0.368 e. The van der Waals surface area contributed by atoms with Gasteiger partial charge < -0.3 is 26.6 Å². The fourth-order valence-electron chi connectivity index (χ4n) is 7.68. The van der Waals surface area contributed by atoms with Gasteiger partial charge in [-0.1, -0.05) is 52.8 Å². The van der Waals surface area contributed by atoms with Crippen LogP contribution >= 0.6 is 0 Å². The van der Waals surface area contributed by atoms with Gasteiger partial charge in [0.2, 0.25) is 23.6 Å². The second-order valence-corrected chi connectivity index (χ2v) is 13.3. The number of hydrogen-bond acceptors (Lipinski definition) is 5. The summed E-state index contributed by atoms with van der Waals surface area (Å²) in [5, 5.41) is 7.28.